The van der Waals surface area contributed by atoms with E-state index in [1.807, 2.05) is 37.3 Å². The highest BCUT2D eigenvalue weighted by molar-refractivity contribution is 7.89. The van der Waals surface area contributed by atoms with E-state index < -0.39 is 10.0 Å². The van der Waals surface area contributed by atoms with Crippen LogP contribution in [0.15, 0.2) is 59.5 Å². The Morgan fingerprint density at radius 1 is 1.00 bits per heavy atom. The van der Waals surface area contributed by atoms with E-state index in [1.54, 1.807) is 23.7 Å². The lowest BCUT2D eigenvalue weighted by molar-refractivity contribution is 0.102. The number of nitrogens with one attached hydrogen (secondary N) is 1. The first kappa shape index (κ1) is 19.8. The SMILES string of the molecule is Cc1nn(-c2ccccc2)c(C)c1C(=O)Nc1ccc(S(=O)(=O)N(C)C)cc1. The summed E-state index contributed by atoms with van der Waals surface area (Å²) in [7, 11) is -0.561. The second-order valence-electron chi connectivity index (χ2n) is 6.56. The van der Waals surface area contributed by atoms with Gasteiger partial charge in [-0.1, -0.05) is 18.2 Å². The number of hydrogen-bond donors (Lipinski definition) is 1. The van der Waals surface area contributed by atoms with Crippen molar-refractivity contribution in [1.29, 1.82) is 0 Å². The van der Waals surface area contributed by atoms with Crippen LogP contribution >= 0.6 is 0 Å². The van der Waals surface area contributed by atoms with Gasteiger partial charge in [-0.15, -0.1) is 0 Å². The topological polar surface area (TPSA) is 84.3 Å². The van der Waals surface area contributed by atoms with E-state index in [1.165, 1.54) is 26.2 Å². The Kier molecular flexibility index (Phi) is 5.35. The van der Waals surface area contributed by atoms with Gasteiger partial charge in [0.15, 0.2) is 0 Å². The van der Waals surface area contributed by atoms with Crippen LogP contribution in [-0.2, 0) is 10.0 Å². The summed E-state index contributed by atoms with van der Waals surface area (Å²) >= 11 is 0. The summed E-state index contributed by atoms with van der Waals surface area (Å²) in [6.07, 6.45) is 0. The van der Waals surface area contributed by atoms with E-state index in [0.29, 0.717) is 16.9 Å². The van der Waals surface area contributed by atoms with Gasteiger partial charge in [-0.25, -0.2) is 17.4 Å². The van der Waals surface area contributed by atoms with Crippen molar-refractivity contribution < 1.29 is 13.2 Å². The van der Waals surface area contributed by atoms with Crippen LogP contribution in [0.4, 0.5) is 5.69 Å². The zero-order chi connectivity index (χ0) is 20.5. The zero-order valence-corrected chi connectivity index (χ0v) is 17.0. The zero-order valence-electron chi connectivity index (χ0n) is 16.2. The molecule has 0 fully saturated rings. The van der Waals surface area contributed by atoms with Crippen molar-refractivity contribution in [2.45, 2.75) is 18.7 Å². The van der Waals surface area contributed by atoms with E-state index in [9.17, 15) is 13.2 Å². The van der Waals surface area contributed by atoms with Gasteiger partial charge < -0.3 is 5.32 Å². The largest absolute Gasteiger partial charge is 0.322 e. The highest BCUT2D eigenvalue weighted by Gasteiger charge is 2.20. The third-order valence-corrected chi connectivity index (χ3v) is 6.24. The molecular weight excluding hydrogens is 376 g/mol. The number of rotatable bonds is 5. The van der Waals surface area contributed by atoms with Crippen LogP contribution in [0.5, 0.6) is 0 Å². The predicted octanol–water partition coefficient (Wildman–Crippen LogP) is 2.99. The molecule has 0 saturated heterocycles. The Morgan fingerprint density at radius 3 is 2.18 bits per heavy atom. The molecule has 0 unspecified atom stereocenters. The van der Waals surface area contributed by atoms with E-state index >= 15 is 0 Å². The van der Waals surface area contributed by atoms with Gasteiger partial charge in [0.1, 0.15) is 0 Å². The van der Waals surface area contributed by atoms with Crippen LogP contribution in [0.1, 0.15) is 21.7 Å². The molecule has 0 atom stereocenters. The van der Waals surface area contributed by atoms with Gasteiger partial charge in [0.2, 0.25) is 10.0 Å². The average Bonchev–Trinajstić information content (AvgIpc) is 2.97. The Hall–Kier alpha value is -2.97. The van der Waals surface area contributed by atoms with Gasteiger partial charge in [0.05, 0.1) is 27.5 Å². The number of hydrogen-bond acceptors (Lipinski definition) is 4. The molecule has 0 aliphatic rings. The monoisotopic (exact) mass is 398 g/mol. The maximum atomic E-state index is 12.8. The van der Waals surface area contributed by atoms with Gasteiger partial charge in [-0.05, 0) is 50.2 Å². The van der Waals surface area contributed by atoms with Crippen LogP contribution in [-0.4, -0.2) is 42.5 Å². The lowest BCUT2D eigenvalue weighted by atomic mass is 10.1. The molecule has 3 rings (SSSR count). The van der Waals surface area contributed by atoms with Crippen LogP contribution in [0, 0.1) is 13.8 Å². The van der Waals surface area contributed by atoms with Crippen molar-refractivity contribution in [2.24, 2.45) is 0 Å². The van der Waals surface area contributed by atoms with Crippen molar-refractivity contribution in [3.8, 4) is 5.69 Å². The Bertz CT molecular complexity index is 1100. The first-order chi connectivity index (χ1) is 13.2. The molecule has 1 amide bonds. The molecule has 8 heteroatoms. The van der Waals surface area contributed by atoms with Crippen molar-refractivity contribution in [1.82, 2.24) is 14.1 Å². The van der Waals surface area contributed by atoms with Crippen LogP contribution in [0.25, 0.3) is 5.69 Å². The van der Waals surface area contributed by atoms with Crippen LogP contribution < -0.4 is 5.32 Å². The number of nitrogens with zero attached hydrogens (tertiary/aromatic N) is 3. The molecule has 28 heavy (non-hydrogen) atoms. The number of amides is 1. The number of sulfonamides is 1. The molecule has 1 N–H and O–H groups in total. The van der Waals surface area contributed by atoms with Crippen molar-refractivity contribution in [3.05, 3.63) is 71.5 Å². The molecule has 0 spiro atoms. The fourth-order valence-electron chi connectivity index (χ4n) is 2.91. The van der Waals surface area contributed by atoms with Crippen molar-refractivity contribution in [2.75, 3.05) is 19.4 Å². The van der Waals surface area contributed by atoms with Crippen molar-refractivity contribution in [3.63, 3.8) is 0 Å². The Labute approximate surface area is 164 Å². The lowest BCUT2D eigenvalue weighted by Crippen LogP contribution is -2.22. The number of carbonyl (C=O) groups excluding carboxylic acids is 1. The van der Waals surface area contributed by atoms with E-state index in [-0.39, 0.29) is 10.8 Å². The van der Waals surface area contributed by atoms with Gasteiger partial charge in [-0.3, -0.25) is 4.79 Å². The Morgan fingerprint density at radius 2 is 1.61 bits per heavy atom. The minimum atomic E-state index is -3.51. The van der Waals surface area contributed by atoms with E-state index in [2.05, 4.69) is 10.4 Å². The standard InChI is InChI=1S/C20H22N4O3S/c1-14-19(15(2)24(22-14)17-8-6-5-7-9-17)20(25)21-16-10-12-18(13-11-16)28(26,27)23(3)4/h5-13H,1-4H3,(H,21,25). The number of carbonyl (C=O) groups is 1. The molecule has 7 nitrogen and oxygen atoms in total. The van der Waals surface area contributed by atoms with Crippen LogP contribution in [0.2, 0.25) is 0 Å². The number of anilines is 1. The highest BCUT2D eigenvalue weighted by atomic mass is 32.2. The minimum absolute atomic E-state index is 0.166. The molecular formula is C20H22N4O3S. The third kappa shape index (κ3) is 3.69. The summed E-state index contributed by atoms with van der Waals surface area (Å²) in [5.74, 6) is -0.291. The van der Waals surface area contributed by atoms with Gasteiger partial charge in [0, 0.05) is 19.8 Å². The molecule has 0 radical (unpaired) electrons. The van der Waals surface area contributed by atoms with Gasteiger partial charge >= 0.3 is 0 Å². The number of aromatic nitrogens is 2. The second kappa shape index (κ2) is 7.57. The van der Waals surface area contributed by atoms with Gasteiger partial charge in [-0.2, -0.15) is 5.10 Å². The number of para-hydroxylation sites is 1. The molecule has 0 saturated carbocycles. The summed E-state index contributed by atoms with van der Waals surface area (Å²) in [5.41, 5.74) is 3.22. The summed E-state index contributed by atoms with van der Waals surface area (Å²) in [6.45, 7) is 3.63. The summed E-state index contributed by atoms with van der Waals surface area (Å²) < 4.78 is 27.2. The maximum Gasteiger partial charge on any atom is 0.259 e. The molecule has 0 bridgehead atoms. The first-order valence-electron chi connectivity index (χ1n) is 8.67. The smallest absolute Gasteiger partial charge is 0.259 e. The first-order valence-corrected chi connectivity index (χ1v) is 10.1. The summed E-state index contributed by atoms with van der Waals surface area (Å²) in [4.78, 5) is 13.0. The highest BCUT2D eigenvalue weighted by Crippen LogP contribution is 2.21. The predicted molar refractivity (Wildman–Crippen MR) is 108 cm³/mol. The van der Waals surface area contributed by atoms with E-state index in [4.69, 9.17) is 0 Å². The fourth-order valence-corrected chi connectivity index (χ4v) is 3.81. The lowest BCUT2D eigenvalue weighted by Gasteiger charge is -2.12. The van der Waals surface area contributed by atoms with Gasteiger partial charge in [0.25, 0.3) is 5.91 Å². The minimum Gasteiger partial charge on any atom is -0.322 e. The number of aryl methyl sites for hydroxylation is 1. The molecule has 2 aromatic carbocycles. The van der Waals surface area contributed by atoms with E-state index in [0.717, 1.165) is 15.7 Å². The summed E-state index contributed by atoms with van der Waals surface area (Å²) in [5, 5.41) is 7.29. The van der Waals surface area contributed by atoms with Crippen LogP contribution in [0.3, 0.4) is 0 Å². The van der Waals surface area contributed by atoms with Crippen molar-refractivity contribution >= 4 is 21.6 Å². The molecule has 1 aromatic heterocycles. The average molecular weight is 398 g/mol. The number of benzene rings is 2. The molecule has 146 valence electrons. The molecule has 3 aromatic rings. The fraction of sp³-hybridized carbons (Fsp3) is 0.200. The normalized spacial score (nSPS) is 11.6. The Balaban J connectivity index is 1.85. The summed E-state index contributed by atoms with van der Waals surface area (Å²) in [6, 6.07) is 15.7. The third-order valence-electron chi connectivity index (χ3n) is 4.41. The molecule has 1 heterocycles. The maximum absolute atomic E-state index is 12.8. The second-order valence-corrected chi connectivity index (χ2v) is 8.71. The molecule has 0 aliphatic carbocycles. The quantitative estimate of drug-likeness (QED) is 0.716. The molecule has 0 aliphatic heterocycles.